The number of rotatable bonds is 26. The molecule has 7 rings (SSSR count). The highest BCUT2D eigenvalue weighted by atomic mass is 35.5. The van der Waals surface area contributed by atoms with E-state index in [1.54, 1.807) is 54.9 Å². The Labute approximate surface area is 668 Å². The maximum Gasteiger partial charge on any atom is 0.333 e. The lowest BCUT2D eigenvalue weighted by atomic mass is 10.0. The molecule has 4 amide bonds. The average molecular weight is 1640 g/mol. The van der Waals surface area contributed by atoms with Gasteiger partial charge in [0.05, 0.1) is 73.0 Å². The summed E-state index contributed by atoms with van der Waals surface area (Å²) >= 11 is 0. The number of hydrogen-bond acceptors (Lipinski definition) is 29. The number of aliphatic hydroxyl groups excluding tert-OH is 3. The molecule has 0 saturated carbocycles. The minimum atomic E-state index is -1.03. The fourth-order valence-electron chi connectivity index (χ4n) is 10.9. The van der Waals surface area contributed by atoms with Gasteiger partial charge in [-0.3, -0.25) is 57.5 Å². The molecule has 638 valence electrons. The van der Waals surface area contributed by atoms with Crippen LogP contribution in [-0.4, -0.2) is 291 Å². The number of carbonyl (C=O) groups is 13. The number of aliphatic hydroxyl groups is 3. The maximum atomic E-state index is 12.8. The van der Waals surface area contributed by atoms with Crippen LogP contribution in [0.1, 0.15) is 133 Å². The number of carboxylic acid groups (broad SMARTS) is 1. The number of nitrogens with two attached hydrogens (primary N) is 2. The molecule has 2 aromatic rings. The Balaban J connectivity index is -0.00000126. The van der Waals surface area contributed by atoms with Crippen LogP contribution in [-0.2, 0) is 86.0 Å². The highest BCUT2D eigenvalue weighted by molar-refractivity contribution is 6.27. The van der Waals surface area contributed by atoms with Gasteiger partial charge in [-0.2, -0.15) is 4.79 Å². The van der Waals surface area contributed by atoms with Crippen LogP contribution in [0.5, 0.6) is 0 Å². The summed E-state index contributed by atoms with van der Waals surface area (Å²) in [5.41, 5.74) is 19.6. The Kier molecular flexibility index (Phi) is 55.1. The van der Waals surface area contributed by atoms with Gasteiger partial charge in [-0.1, -0.05) is 71.9 Å². The molecule has 5 fully saturated rings. The molecule has 36 nitrogen and oxygen atoms in total. The summed E-state index contributed by atoms with van der Waals surface area (Å²) in [6.07, 6.45) is -0.849. The Morgan fingerprint density at radius 1 is 0.527 bits per heavy atom. The number of carbonyl (C=O) groups excluding carboxylic acids is 12. The molecule has 0 radical (unpaired) electrons. The molecule has 0 bridgehead atoms. The van der Waals surface area contributed by atoms with Gasteiger partial charge in [-0.15, -0.1) is 24.8 Å². The number of halogens is 2. The number of amides is 4. The van der Waals surface area contributed by atoms with Gasteiger partial charge >= 0.3 is 24.1 Å². The highest BCUT2D eigenvalue weighted by Gasteiger charge is 2.39. The molecule has 0 unspecified atom stereocenters. The third-order valence-corrected chi connectivity index (χ3v) is 17.2. The van der Waals surface area contributed by atoms with Crippen LogP contribution in [0, 0.1) is 17.8 Å². The minimum absolute atomic E-state index is 0. The molecule has 5 aliphatic heterocycles. The van der Waals surface area contributed by atoms with Crippen molar-refractivity contribution in [2.45, 2.75) is 238 Å². The quantitative estimate of drug-likeness (QED) is 0.0177. The summed E-state index contributed by atoms with van der Waals surface area (Å²) in [6.45, 7) is 27.2. The van der Waals surface area contributed by atoms with Crippen molar-refractivity contribution in [3.8, 4) is 0 Å². The normalized spacial score (nSPS) is 23.0. The monoisotopic (exact) mass is 1630 g/mol. The van der Waals surface area contributed by atoms with Crippen molar-refractivity contribution in [2.75, 3.05) is 68.3 Å². The van der Waals surface area contributed by atoms with E-state index in [4.69, 9.17) is 61.1 Å². The van der Waals surface area contributed by atoms with E-state index in [-0.39, 0.29) is 165 Å². The van der Waals surface area contributed by atoms with Gasteiger partial charge in [0.25, 0.3) is 11.7 Å². The summed E-state index contributed by atoms with van der Waals surface area (Å²) in [7, 11) is 8.06. The standard InChI is InChI=1S/C22H26N2O4.C12H22N2O3.C11H20N2O3.C7H13NO4.C6H11N3O2.C6H11NO2.C5H11NO3.C5H9NO2.2ClH/c1-13(2)10-18(22(27)24-20-14(3)28-12-19(20)25)23-21(26)17-9-8-15-6-4-5-7-16(15)11-17;1-7(2)5-9(13-4)12(16)14-11-8(3)17-6-10(11)15;1-6(2)4-8(12)11(15)13-10-7(3)16-5-9(10)14;1-4(9)6(8-3)7(11)12-5(2)10;1-4(10)6(8-2)5(11)3-9-7;1-4-6(7-2)5(8)3-9-4;1-3(7)4(6-2)5(8)9;1-3-5(6)4(7)2-8-3;;/h4-9,11,13-14,18,20H,10,12H2,1-3H3,(H,23,26)(H,24,27);7-9,11,13H,5-6H2,1-4H3,(H,14,16);6-8,10H,4-5,12H2,1-3H3,(H,13,15);4,6,8-9H,1-3H3;3-4,6,8,10H,1-2H3;4,6-7H,3H2,1-2H3;3-4,6-7H,1-2H3,(H,8,9);3,5H,2,6H2,1H3;2*1H/t14-,18+,20+;8-,9+,11+;7-,8+,10+;3*4-,6+;3-,4+;3-,5+;;/m11111111../s1. The first-order valence-corrected chi connectivity index (χ1v) is 36.4. The molecule has 112 heavy (non-hydrogen) atoms. The van der Waals surface area contributed by atoms with Gasteiger partial charge in [-0.05, 0) is 151 Å². The van der Waals surface area contributed by atoms with Crippen molar-refractivity contribution in [2.24, 2.45) is 29.2 Å². The Morgan fingerprint density at radius 3 is 1.20 bits per heavy atom. The van der Waals surface area contributed by atoms with Crippen molar-refractivity contribution in [3.05, 3.63) is 53.6 Å². The van der Waals surface area contributed by atoms with Crippen molar-refractivity contribution < 1.29 is 116 Å². The zero-order valence-electron chi connectivity index (χ0n) is 67.9. The Hall–Kier alpha value is -7.43. The first-order valence-electron chi connectivity index (χ1n) is 36.4. The third kappa shape index (κ3) is 40.0. The number of ketones is 6. The number of Topliss-reactive ketones (excluding diaryl/α,β-unsaturated/α-hetero) is 6. The summed E-state index contributed by atoms with van der Waals surface area (Å²) in [6, 6.07) is 7.13. The fraction of sp³-hybridized carbons (Fsp3) is 0.676. The number of aliphatic carboxylic acids is 1. The fourth-order valence-corrected chi connectivity index (χ4v) is 10.9. The van der Waals surface area contributed by atoms with Gasteiger partial charge in [0, 0.05) is 12.5 Å². The molecule has 5 aliphatic rings. The molecule has 17 N–H and O–H groups in total. The van der Waals surface area contributed by atoms with Crippen LogP contribution >= 0.6 is 24.8 Å². The molecule has 0 aromatic heterocycles. The number of ether oxygens (including phenoxy) is 6. The molecule has 0 spiro atoms. The predicted octanol–water partition coefficient (Wildman–Crippen LogP) is -1.00. The summed E-state index contributed by atoms with van der Waals surface area (Å²) in [4.78, 5) is 150. The van der Waals surface area contributed by atoms with Crippen molar-refractivity contribution >= 4 is 118 Å². The van der Waals surface area contributed by atoms with Crippen molar-refractivity contribution in [3.63, 3.8) is 0 Å². The van der Waals surface area contributed by atoms with Crippen molar-refractivity contribution in [1.82, 2.24) is 47.9 Å². The predicted molar refractivity (Wildman–Crippen MR) is 420 cm³/mol. The van der Waals surface area contributed by atoms with E-state index in [0.717, 1.165) is 30.3 Å². The van der Waals surface area contributed by atoms with E-state index in [2.05, 4.69) is 71.2 Å². The number of esters is 2. The van der Waals surface area contributed by atoms with E-state index in [1.807, 2.05) is 71.0 Å². The van der Waals surface area contributed by atoms with Crippen molar-refractivity contribution in [1.29, 1.82) is 0 Å². The number of likely N-dealkylation sites (N-methyl/N-ethyl adjacent to an activating group) is 5. The lowest BCUT2D eigenvalue weighted by Gasteiger charge is -2.23. The summed E-state index contributed by atoms with van der Waals surface area (Å²) in [5, 5.41) is 61.5. The molecule has 5 saturated heterocycles. The average Bonchev–Trinajstić information content (AvgIpc) is 1.41. The topological polar surface area (TPSA) is 555 Å². The molecule has 19 atom stereocenters. The van der Waals surface area contributed by atoms with Gasteiger partial charge in [0.15, 0.2) is 28.9 Å². The molecule has 2 aromatic carbocycles. The van der Waals surface area contributed by atoms with E-state index in [0.29, 0.717) is 30.2 Å². The largest absolute Gasteiger partial charge is 0.480 e. The molecule has 0 aliphatic carbocycles. The molecule has 38 heteroatoms. The van der Waals surface area contributed by atoms with Gasteiger partial charge < -0.3 is 114 Å². The number of nitrogens with one attached hydrogen (secondary N) is 9. The van der Waals surface area contributed by atoms with Crippen LogP contribution in [0.4, 0.5) is 0 Å². The van der Waals surface area contributed by atoms with Crippen LogP contribution in [0.25, 0.3) is 16.3 Å². The summed E-state index contributed by atoms with van der Waals surface area (Å²) in [5.74, 6) is -3.15. The third-order valence-electron chi connectivity index (χ3n) is 17.2. The number of nitrogens with zero attached hydrogens (tertiary/aromatic N) is 2. The van der Waals surface area contributed by atoms with Gasteiger partial charge in [0.1, 0.15) is 75.3 Å². The number of carboxylic acids is 1. The summed E-state index contributed by atoms with van der Waals surface area (Å²) < 4.78 is 29.8. The van der Waals surface area contributed by atoms with Crippen LogP contribution < -0.4 is 59.3 Å². The molecular formula is C74H125Cl2N13O23. The molecular weight excluding hydrogens is 1510 g/mol. The number of fused-ring (bicyclic) bond motifs is 1. The lowest BCUT2D eigenvalue weighted by Crippen LogP contribution is -2.53. The second-order valence-corrected chi connectivity index (χ2v) is 28.0. The molecule has 5 heterocycles. The second-order valence-electron chi connectivity index (χ2n) is 28.0. The first kappa shape index (κ1) is 109. The Bertz CT molecular complexity index is 3350. The van der Waals surface area contributed by atoms with E-state index >= 15 is 0 Å². The maximum absolute atomic E-state index is 12.8. The van der Waals surface area contributed by atoms with Gasteiger partial charge in [0.2, 0.25) is 17.7 Å². The van der Waals surface area contributed by atoms with Crippen LogP contribution in [0.15, 0.2) is 42.5 Å². The van der Waals surface area contributed by atoms with Crippen LogP contribution in [0.3, 0.4) is 0 Å². The van der Waals surface area contributed by atoms with E-state index in [1.165, 1.54) is 34.9 Å². The zero-order valence-corrected chi connectivity index (χ0v) is 69.5. The zero-order chi connectivity index (χ0) is 84.6. The Morgan fingerprint density at radius 2 is 0.902 bits per heavy atom. The first-order chi connectivity index (χ1) is 51.4. The SMILES string of the molecule is CC(C)C[C@H](N)C(=O)N[C@@H]1C(=O)CO[C@@H]1C.CC(C)C[C@H](NC(=O)c1ccc2ccccc2c1)C(=O)N[C@@H]1C(=O)CO[C@@H]1C.CN[C@@H](CC(C)C)C(=O)N[C@@H]1C(=O)CO[C@@H]1C.CN[C@@H]1C(=O)CO[C@@H]1C.CN[C@H](C(=O)C=[N+]=[N-])[C@@H](C)O.CN[C@H](C(=O)O)[C@@H](C)O.CN[C@H](C(=O)OC(C)=O)[C@@H](C)O.C[C@H]1OCC(=O)[C@H]1N.Cl.Cl. The second kappa shape index (κ2) is 56.7. The van der Waals surface area contributed by atoms with E-state index < -0.39 is 90.3 Å². The van der Waals surface area contributed by atoms with Crippen LogP contribution in [0.2, 0.25) is 0 Å². The number of benzene rings is 2. The number of hydrogen-bond donors (Lipinski definition) is 15. The lowest BCUT2D eigenvalue weighted by molar-refractivity contribution is -0.161. The smallest absolute Gasteiger partial charge is 0.333 e. The van der Waals surface area contributed by atoms with Gasteiger partial charge in [-0.25, -0.2) is 4.79 Å². The minimum Gasteiger partial charge on any atom is -0.480 e. The van der Waals surface area contributed by atoms with E-state index in [9.17, 15) is 62.3 Å². The highest BCUT2D eigenvalue weighted by Crippen LogP contribution is 2.19.